The highest BCUT2D eigenvalue weighted by atomic mass is 31.2. The first-order valence-electron chi connectivity index (χ1n) is 9.63. The maximum Gasteiger partial charge on any atom is 0.267 e. The van der Waals surface area contributed by atoms with Crippen molar-refractivity contribution in [2.24, 2.45) is 0 Å². The van der Waals surface area contributed by atoms with E-state index in [1.54, 1.807) is 0 Å². The minimum atomic E-state index is -4.00. The van der Waals surface area contributed by atoms with Crippen LogP contribution in [-0.2, 0) is 26.7 Å². The number of rotatable bonds is 13. The van der Waals surface area contributed by atoms with Gasteiger partial charge in [0.1, 0.15) is 12.4 Å². The van der Waals surface area contributed by atoms with Gasteiger partial charge in [-0.2, -0.15) is 0 Å². The maximum absolute atomic E-state index is 11.0. The van der Waals surface area contributed by atoms with Gasteiger partial charge < -0.3 is 13.9 Å². The average molecular weight is 376 g/mol. The lowest BCUT2D eigenvalue weighted by atomic mass is 10.2. The quantitative estimate of drug-likeness (QED) is 0.296. The van der Waals surface area contributed by atoms with Crippen molar-refractivity contribution in [3.63, 3.8) is 0 Å². The molecule has 0 bridgehead atoms. The highest BCUT2D eigenvalue weighted by Crippen LogP contribution is 2.38. The molecule has 0 aliphatic heterocycles. The molecule has 7 heteroatoms. The molecule has 0 amide bonds. The first-order valence-corrected chi connectivity index (χ1v) is 11.1. The van der Waals surface area contributed by atoms with E-state index in [1.165, 1.54) is 25.8 Å². The summed E-state index contributed by atoms with van der Waals surface area (Å²) in [5.74, 6) is 0. The summed E-state index contributed by atoms with van der Waals surface area (Å²) in [5, 5.41) is 0. The zero-order chi connectivity index (χ0) is 19.0. The van der Waals surface area contributed by atoms with Gasteiger partial charge in [-0.3, -0.25) is 4.57 Å². The van der Waals surface area contributed by atoms with Crippen LogP contribution < -0.4 is 9.46 Å². The van der Waals surface area contributed by atoms with Crippen LogP contribution in [0.5, 0.6) is 0 Å². The van der Waals surface area contributed by atoms with E-state index in [4.69, 9.17) is 0 Å². The molecule has 0 saturated heterocycles. The van der Waals surface area contributed by atoms with Crippen LogP contribution in [0.15, 0.2) is 18.7 Å². The molecule has 1 aromatic rings. The molecule has 0 fully saturated rings. The topological polar surface area (TPSA) is 67.4 Å². The highest BCUT2D eigenvalue weighted by Gasteiger charge is 2.07. The van der Waals surface area contributed by atoms with Crippen LogP contribution in [0.3, 0.4) is 0 Å². The molecular formula is C18H37N2O4P. The first-order chi connectivity index (χ1) is 12.0. The molecule has 0 radical (unpaired) electrons. The van der Waals surface area contributed by atoms with Gasteiger partial charge in [0, 0.05) is 0 Å². The van der Waals surface area contributed by atoms with Crippen molar-refractivity contribution in [1.82, 2.24) is 4.57 Å². The zero-order valence-electron chi connectivity index (χ0n) is 16.5. The molecule has 1 heterocycles. The number of imidazole rings is 1. The molecule has 0 aromatic carbocycles. The number of aryl methyl sites for hydroxylation is 2. The molecule has 0 saturated carbocycles. The Morgan fingerprint density at radius 2 is 1.52 bits per heavy atom. The minimum Gasteiger partial charge on any atom is -0.756 e. The van der Waals surface area contributed by atoms with E-state index in [0.717, 1.165) is 32.2 Å². The van der Waals surface area contributed by atoms with Gasteiger partial charge in [-0.25, -0.2) is 9.13 Å². The summed E-state index contributed by atoms with van der Waals surface area (Å²) >= 11 is 0. The third-order valence-corrected chi connectivity index (χ3v) is 4.62. The Morgan fingerprint density at radius 3 is 1.96 bits per heavy atom. The first kappa shape index (κ1) is 24.3. The summed E-state index contributed by atoms with van der Waals surface area (Å²) in [6.45, 7) is 11.0. The summed E-state index contributed by atoms with van der Waals surface area (Å²) in [7, 11) is -4.00. The Balaban J connectivity index is 0.000000462. The van der Waals surface area contributed by atoms with Gasteiger partial charge in [0.25, 0.3) is 7.82 Å². The third-order valence-electron chi connectivity index (χ3n) is 3.63. The Bertz CT molecular complexity index is 452. The second kappa shape index (κ2) is 15.6. The van der Waals surface area contributed by atoms with Gasteiger partial charge in [-0.05, 0) is 32.6 Å². The fraction of sp³-hybridized carbons (Fsp3) is 0.833. The number of phosphoric ester groups is 1. The highest BCUT2D eigenvalue weighted by molar-refractivity contribution is 7.45. The monoisotopic (exact) mass is 376 g/mol. The predicted octanol–water partition coefficient (Wildman–Crippen LogP) is 4.07. The van der Waals surface area contributed by atoms with Crippen LogP contribution in [0.1, 0.15) is 72.6 Å². The number of aromatic nitrogens is 2. The lowest BCUT2D eigenvalue weighted by Gasteiger charge is -2.22. The number of hydrogen-bond donors (Lipinski definition) is 0. The molecule has 0 aliphatic rings. The second-order valence-electron chi connectivity index (χ2n) is 6.01. The lowest BCUT2D eigenvalue weighted by Crippen LogP contribution is -2.30. The standard InChI is InChI=1S/C10H19N2.C8H19O4P/c1-3-5-6-7-12-9-8-11(4-2)10-12;1-3-5-7-11-13(9,10)12-8-6-4-2/h8-10H,3-7H2,1-2H3;3-8H2,1-2H3,(H,9,10)/q+1;/p-1. The Hall–Kier alpha value is -0.680. The normalized spacial score (nSPS) is 11.2. The van der Waals surface area contributed by atoms with Crippen molar-refractivity contribution >= 4 is 7.82 Å². The van der Waals surface area contributed by atoms with Crippen molar-refractivity contribution in [2.75, 3.05) is 13.2 Å². The molecule has 0 N–H and O–H groups in total. The molecule has 1 rings (SSSR count). The predicted molar refractivity (Wildman–Crippen MR) is 99.2 cm³/mol. The second-order valence-corrected chi connectivity index (χ2v) is 7.42. The van der Waals surface area contributed by atoms with Gasteiger partial charge in [0.05, 0.1) is 26.3 Å². The third kappa shape index (κ3) is 14.2. The number of nitrogens with zero attached hydrogens (tertiary/aromatic N) is 2. The van der Waals surface area contributed by atoms with E-state index in [0.29, 0.717) is 0 Å². The van der Waals surface area contributed by atoms with E-state index < -0.39 is 7.82 Å². The van der Waals surface area contributed by atoms with Crippen molar-refractivity contribution < 1.29 is 23.1 Å². The van der Waals surface area contributed by atoms with Gasteiger partial charge in [-0.1, -0.05) is 40.0 Å². The van der Waals surface area contributed by atoms with Gasteiger partial charge in [0.15, 0.2) is 0 Å². The van der Waals surface area contributed by atoms with Gasteiger partial charge in [-0.15, -0.1) is 0 Å². The van der Waals surface area contributed by atoms with E-state index >= 15 is 0 Å². The van der Waals surface area contributed by atoms with Crippen molar-refractivity contribution in [3.05, 3.63) is 18.7 Å². The summed E-state index contributed by atoms with van der Waals surface area (Å²) in [5.41, 5.74) is 0. The van der Waals surface area contributed by atoms with Crippen LogP contribution in [0, 0.1) is 0 Å². The Morgan fingerprint density at radius 1 is 0.960 bits per heavy atom. The smallest absolute Gasteiger partial charge is 0.267 e. The molecule has 0 atom stereocenters. The molecular weight excluding hydrogens is 339 g/mol. The summed E-state index contributed by atoms with van der Waals surface area (Å²) < 4.78 is 24.6. The summed E-state index contributed by atoms with van der Waals surface area (Å²) in [4.78, 5) is 11.0. The molecule has 0 unspecified atom stereocenters. The fourth-order valence-electron chi connectivity index (χ4n) is 1.98. The van der Waals surface area contributed by atoms with Gasteiger partial charge >= 0.3 is 0 Å². The van der Waals surface area contributed by atoms with Crippen LogP contribution >= 0.6 is 7.82 Å². The minimum absolute atomic E-state index is 0.226. The van der Waals surface area contributed by atoms with E-state index in [9.17, 15) is 9.46 Å². The van der Waals surface area contributed by atoms with E-state index in [1.807, 2.05) is 13.8 Å². The molecule has 25 heavy (non-hydrogen) atoms. The van der Waals surface area contributed by atoms with E-state index in [2.05, 4.69) is 50.8 Å². The fourth-order valence-corrected chi connectivity index (χ4v) is 2.76. The van der Waals surface area contributed by atoms with Crippen molar-refractivity contribution in [3.8, 4) is 0 Å². The van der Waals surface area contributed by atoms with Crippen molar-refractivity contribution in [1.29, 1.82) is 0 Å². The largest absolute Gasteiger partial charge is 0.756 e. The van der Waals surface area contributed by atoms with Gasteiger partial charge in [0.2, 0.25) is 6.33 Å². The van der Waals surface area contributed by atoms with Crippen LogP contribution in [-0.4, -0.2) is 17.8 Å². The Labute approximate surface area is 153 Å². The maximum atomic E-state index is 11.0. The molecule has 148 valence electrons. The molecule has 0 spiro atoms. The molecule has 0 aliphatic carbocycles. The van der Waals surface area contributed by atoms with Crippen molar-refractivity contribution in [2.45, 2.75) is 85.7 Å². The average Bonchev–Trinajstić information content (AvgIpc) is 3.04. The van der Waals surface area contributed by atoms with Crippen LogP contribution in [0.25, 0.3) is 0 Å². The number of phosphoric acid groups is 1. The summed E-state index contributed by atoms with van der Waals surface area (Å²) in [6, 6.07) is 0. The SMILES string of the molecule is CCCCC[n+]1ccn(CC)c1.CCCCOP(=O)([O-])OCCCC. The zero-order valence-corrected chi connectivity index (χ0v) is 17.4. The molecule has 6 nitrogen and oxygen atoms in total. The number of unbranched alkanes of at least 4 members (excludes halogenated alkanes) is 4. The lowest BCUT2D eigenvalue weighted by molar-refractivity contribution is -0.696. The van der Waals surface area contributed by atoms with Crippen LogP contribution in [0.2, 0.25) is 0 Å². The Kier molecular flexibility index (Phi) is 15.1. The number of hydrogen-bond acceptors (Lipinski definition) is 4. The van der Waals surface area contributed by atoms with E-state index in [-0.39, 0.29) is 13.2 Å². The summed E-state index contributed by atoms with van der Waals surface area (Å²) in [6.07, 6.45) is 13.7. The molecule has 1 aromatic heterocycles. The van der Waals surface area contributed by atoms with Crippen LogP contribution in [0.4, 0.5) is 0 Å².